The van der Waals surface area contributed by atoms with Gasteiger partial charge in [0.2, 0.25) is 5.91 Å². The first-order valence-corrected chi connectivity index (χ1v) is 7.61. The SMILES string of the molecule is CCOc1ccc(SCC(=O)N(C)CC(C)C)cc1. The maximum Gasteiger partial charge on any atom is 0.232 e. The molecule has 0 N–H and O–H groups in total. The molecule has 0 heterocycles. The van der Waals surface area contributed by atoms with Crippen molar-refractivity contribution in [1.82, 2.24) is 4.90 Å². The molecule has 0 bridgehead atoms. The topological polar surface area (TPSA) is 29.5 Å². The maximum absolute atomic E-state index is 11.9. The largest absolute Gasteiger partial charge is 0.494 e. The molecule has 106 valence electrons. The molecule has 0 aliphatic rings. The molecule has 0 aromatic heterocycles. The molecule has 19 heavy (non-hydrogen) atoms. The van der Waals surface area contributed by atoms with Crippen molar-refractivity contribution in [3.63, 3.8) is 0 Å². The van der Waals surface area contributed by atoms with Crippen LogP contribution >= 0.6 is 11.8 Å². The van der Waals surface area contributed by atoms with Crippen molar-refractivity contribution in [3.8, 4) is 5.75 Å². The summed E-state index contributed by atoms with van der Waals surface area (Å²) in [7, 11) is 1.86. The van der Waals surface area contributed by atoms with Gasteiger partial charge >= 0.3 is 0 Å². The van der Waals surface area contributed by atoms with Gasteiger partial charge in [0.15, 0.2) is 0 Å². The van der Waals surface area contributed by atoms with Gasteiger partial charge in [-0.3, -0.25) is 4.79 Å². The highest BCUT2D eigenvalue weighted by Gasteiger charge is 2.10. The van der Waals surface area contributed by atoms with Crippen LogP contribution < -0.4 is 4.74 Å². The van der Waals surface area contributed by atoms with E-state index in [0.717, 1.165) is 17.2 Å². The third-order valence-corrected chi connectivity index (χ3v) is 3.56. The van der Waals surface area contributed by atoms with Gasteiger partial charge in [-0.2, -0.15) is 0 Å². The van der Waals surface area contributed by atoms with Gasteiger partial charge in [-0.05, 0) is 37.1 Å². The Kier molecular flexibility index (Phi) is 6.78. The minimum absolute atomic E-state index is 0.174. The molecule has 0 fully saturated rings. The first-order chi connectivity index (χ1) is 9.02. The van der Waals surface area contributed by atoms with Crippen LogP contribution in [0.2, 0.25) is 0 Å². The molecule has 0 aliphatic carbocycles. The molecule has 0 saturated heterocycles. The minimum Gasteiger partial charge on any atom is -0.494 e. The molecule has 1 amide bonds. The molecule has 1 rings (SSSR count). The zero-order valence-electron chi connectivity index (χ0n) is 12.2. The van der Waals surface area contributed by atoms with E-state index < -0.39 is 0 Å². The normalized spacial score (nSPS) is 10.6. The van der Waals surface area contributed by atoms with Crippen molar-refractivity contribution in [1.29, 1.82) is 0 Å². The van der Waals surface area contributed by atoms with E-state index in [1.54, 1.807) is 16.7 Å². The lowest BCUT2D eigenvalue weighted by atomic mass is 10.2. The third-order valence-electron chi connectivity index (χ3n) is 2.56. The van der Waals surface area contributed by atoms with E-state index in [4.69, 9.17) is 4.74 Å². The Morgan fingerprint density at radius 2 is 1.95 bits per heavy atom. The maximum atomic E-state index is 11.9. The summed E-state index contributed by atoms with van der Waals surface area (Å²) >= 11 is 1.56. The standard InChI is InChI=1S/C15H23NO2S/c1-5-18-13-6-8-14(9-7-13)19-11-15(17)16(4)10-12(2)3/h6-9,12H,5,10-11H2,1-4H3. The number of hydrogen-bond donors (Lipinski definition) is 0. The number of nitrogens with zero attached hydrogens (tertiary/aromatic N) is 1. The fraction of sp³-hybridized carbons (Fsp3) is 0.533. The summed E-state index contributed by atoms with van der Waals surface area (Å²) in [5.74, 6) is 2.03. The smallest absolute Gasteiger partial charge is 0.232 e. The van der Waals surface area contributed by atoms with Crippen LogP contribution in [-0.2, 0) is 4.79 Å². The summed E-state index contributed by atoms with van der Waals surface area (Å²) in [6.45, 7) is 7.67. The van der Waals surface area contributed by atoms with Crippen molar-refractivity contribution in [2.75, 3.05) is 26.0 Å². The van der Waals surface area contributed by atoms with E-state index in [1.807, 2.05) is 38.2 Å². The Hall–Kier alpha value is -1.16. The zero-order valence-corrected chi connectivity index (χ0v) is 13.0. The van der Waals surface area contributed by atoms with E-state index in [1.165, 1.54) is 0 Å². The number of carbonyl (C=O) groups is 1. The average molecular weight is 281 g/mol. The summed E-state index contributed by atoms with van der Waals surface area (Å²) in [5, 5.41) is 0. The van der Waals surface area contributed by atoms with Gasteiger partial charge < -0.3 is 9.64 Å². The van der Waals surface area contributed by atoms with Gasteiger partial charge in [0.05, 0.1) is 12.4 Å². The average Bonchev–Trinajstić information content (AvgIpc) is 2.37. The van der Waals surface area contributed by atoms with Crippen molar-refractivity contribution in [2.24, 2.45) is 5.92 Å². The Balaban J connectivity index is 2.41. The molecule has 1 aromatic rings. The van der Waals surface area contributed by atoms with Gasteiger partial charge in [-0.1, -0.05) is 13.8 Å². The van der Waals surface area contributed by atoms with Gasteiger partial charge in [0.1, 0.15) is 5.75 Å². The predicted molar refractivity (Wildman–Crippen MR) is 80.8 cm³/mol. The van der Waals surface area contributed by atoms with Crippen LogP contribution in [0.1, 0.15) is 20.8 Å². The van der Waals surface area contributed by atoms with Gasteiger partial charge in [0, 0.05) is 18.5 Å². The highest BCUT2D eigenvalue weighted by atomic mass is 32.2. The lowest BCUT2D eigenvalue weighted by Crippen LogP contribution is -2.31. The molecule has 0 aliphatic heterocycles. The second kappa shape index (κ2) is 8.10. The van der Waals surface area contributed by atoms with Crippen LogP contribution in [0.15, 0.2) is 29.2 Å². The summed E-state index contributed by atoms with van der Waals surface area (Å²) in [6.07, 6.45) is 0. The Labute approximate surface area is 120 Å². The minimum atomic E-state index is 0.174. The number of hydrogen-bond acceptors (Lipinski definition) is 3. The summed E-state index contributed by atoms with van der Waals surface area (Å²) in [4.78, 5) is 14.8. The van der Waals surface area contributed by atoms with E-state index in [9.17, 15) is 4.79 Å². The fourth-order valence-corrected chi connectivity index (χ4v) is 2.54. The molecule has 1 aromatic carbocycles. The summed E-state index contributed by atoms with van der Waals surface area (Å²) in [5.41, 5.74) is 0. The number of benzene rings is 1. The molecular formula is C15H23NO2S. The van der Waals surface area contributed by atoms with Crippen molar-refractivity contribution >= 4 is 17.7 Å². The second-order valence-electron chi connectivity index (χ2n) is 4.86. The lowest BCUT2D eigenvalue weighted by Gasteiger charge is -2.19. The molecule has 0 saturated carbocycles. The third kappa shape index (κ3) is 6.01. The van der Waals surface area contributed by atoms with E-state index in [-0.39, 0.29) is 5.91 Å². The van der Waals surface area contributed by atoms with Gasteiger partial charge in [-0.15, -0.1) is 11.8 Å². The first-order valence-electron chi connectivity index (χ1n) is 6.62. The van der Waals surface area contributed by atoms with Crippen LogP contribution in [0.3, 0.4) is 0 Å². The van der Waals surface area contributed by atoms with Crippen LogP contribution in [0.4, 0.5) is 0 Å². The molecule has 0 radical (unpaired) electrons. The summed E-state index contributed by atoms with van der Waals surface area (Å²) < 4.78 is 5.38. The van der Waals surface area contributed by atoms with E-state index in [0.29, 0.717) is 18.3 Å². The molecular weight excluding hydrogens is 258 g/mol. The van der Waals surface area contributed by atoms with Crippen LogP contribution in [-0.4, -0.2) is 36.8 Å². The van der Waals surface area contributed by atoms with E-state index in [2.05, 4.69) is 13.8 Å². The molecule has 0 unspecified atom stereocenters. The second-order valence-corrected chi connectivity index (χ2v) is 5.91. The van der Waals surface area contributed by atoms with Crippen molar-refractivity contribution in [2.45, 2.75) is 25.7 Å². The first kappa shape index (κ1) is 15.9. The zero-order chi connectivity index (χ0) is 14.3. The number of thioether (sulfide) groups is 1. The fourth-order valence-electron chi connectivity index (χ4n) is 1.70. The van der Waals surface area contributed by atoms with Crippen LogP contribution in [0.25, 0.3) is 0 Å². The van der Waals surface area contributed by atoms with Crippen LogP contribution in [0.5, 0.6) is 5.75 Å². The van der Waals surface area contributed by atoms with Gasteiger partial charge in [0.25, 0.3) is 0 Å². The lowest BCUT2D eigenvalue weighted by molar-refractivity contribution is -0.127. The predicted octanol–water partition coefficient (Wildman–Crippen LogP) is 3.29. The summed E-state index contributed by atoms with van der Waals surface area (Å²) in [6, 6.07) is 7.86. The highest BCUT2D eigenvalue weighted by Crippen LogP contribution is 2.21. The number of carbonyl (C=O) groups excluding carboxylic acids is 1. The highest BCUT2D eigenvalue weighted by molar-refractivity contribution is 8.00. The number of rotatable bonds is 7. The Morgan fingerprint density at radius 3 is 2.47 bits per heavy atom. The molecule has 0 spiro atoms. The van der Waals surface area contributed by atoms with Crippen LogP contribution in [0, 0.1) is 5.92 Å². The Bertz CT molecular complexity index is 390. The van der Waals surface area contributed by atoms with Gasteiger partial charge in [-0.25, -0.2) is 0 Å². The van der Waals surface area contributed by atoms with Crippen molar-refractivity contribution < 1.29 is 9.53 Å². The molecule has 3 nitrogen and oxygen atoms in total. The van der Waals surface area contributed by atoms with Crippen molar-refractivity contribution in [3.05, 3.63) is 24.3 Å². The molecule has 4 heteroatoms. The number of ether oxygens (including phenoxy) is 1. The monoisotopic (exact) mass is 281 g/mol. The Morgan fingerprint density at radius 1 is 1.32 bits per heavy atom. The molecule has 0 atom stereocenters. The number of amides is 1. The van der Waals surface area contributed by atoms with E-state index >= 15 is 0 Å². The quantitative estimate of drug-likeness (QED) is 0.718.